The summed E-state index contributed by atoms with van der Waals surface area (Å²) in [5.41, 5.74) is -0.485. The summed E-state index contributed by atoms with van der Waals surface area (Å²) in [5, 5.41) is 23.5. The highest BCUT2D eigenvalue weighted by atomic mass is 79.9. The highest BCUT2D eigenvalue weighted by Gasteiger charge is 2.33. The summed E-state index contributed by atoms with van der Waals surface area (Å²) < 4.78 is 50.0. The quantitative estimate of drug-likeness (QED) is 0.140. The number of benzene rings is 3. The SMILES string of the molecule is COc1cc(/C=C(\C#N)C(=O)Nc2ccc(C)cc2)cc(Br)c1Oc1ccc(C(F)(F)F)cc1[N+](=O)[O-]. The van der Waals surface area contributed by atoms with Crippen molar-refractivity contribution in [3.63, 3.8) is 0 Å². The number of carbonyl (C=O) groups is 1. The van der Waals surface area contributed by atoms with Crippen molar-refractivity contribution >= 4 is 39.3 Å². The molecule has 0 atom stereocenters. The average Bonchev–Trinajstić information content (AvgIpc) is 2.84. The molecule has 12 heteroatoms. The number of nitro benzene ring substituents is 1. The van der Waals surface area contributed by atoms with Crippen molar-refractivity contribution in [2.24, 2.45) is 0 Å². The van der Waals surface area contributed by atoms with Crippen LogP contribution in [0.25, 0.3) is 6.08 Å². The van der Waals surface area contributed by atoms with Crippen molar-refractivity contribution in [3.05, 3.63) is 91.4 Å². The first-order chi connectivity index (χ1) is 17.4. The molecule has 8 nitrogen and oxygen atoms in total. The fraction of sp³-hybridized carbons (Fsp3) is 0.120. The lowest BCUT2D eigenvalue weighted by Gasteiger charge is -2.14. The molecule has 0 spiro atoms. The monoisotopic (exact) mass is 575 g/mol. The second kappa shape index (κ2) is 11.1. The van der Waals surface area contributed by atoms with Crippen LogP contribution in [0, 0.1) is 28.4 Å². The molecule has 1 N–H and O–H groups in total. The number of nitro groups is 1. The Balaban J connectivity index is 1.94. The van der Waals surface area contributed by atoms with E-state index < -0.39 is 34.0 Å². The number of rotatable bonds is 7. The van der Waals surface area contributed by atoms with Crippen molar-refractivity contribution < 1.29 is 32.4 Å². The summed E-state index contributed by atoms with van der Waals surface area (Å²) in [4.78, 5) is 23.0. The summed E-state index contributed by atoms with van der Waals surface area (Å²) in [7, 11) is 1.28. The number of carbonyl (C=O) groups excluding carboxylic acids is 1. The van der Waals surface area contributed by atoms with Crippen LogP contribution in [0.4, 0.5) is 24.5 Å². The first-order valence-electron chi connectivity index (χ1n) is 10.3. The predicted octanol–water partition coefficient (Wildman–Crippen LogP) is 7.03. The Morgan fingerprint density at radius 3 is 2.38 bits per heavy atom. The van der Waals surface area contributed by atoms with Crippen molar-refractivity contribution in [3.8, 4) is 23.3 Å². The van der Waals surface area contributed by atoms with E-state index in [-0.39, 0.29) is 21.5 Å². The molecule has 3 rings (SSSR count). The minimum absolute atomic E-state index is 0.0334. The van der Waals surface area contributed by atoms with Gasteiger partial charge in [-0.25, -0.2) is 0 Å². The molecule has 0 aliphatic rings. The number of anilines is 1. The number of nitrogens with zero attached hydrogens (tertiary/aromatic N) is 2. The van der Waals surface area contributed by atoms with Gasteiger partial charge in [-0.2, -0.15) is 18.4 Å². The van der Waals surface area contributed by atoms with E-state index in [0.29, 0.717) is 23.4 Å². The Hall–Kier alpha value is -4.37. The molecule has 0 bridgehead atoms. The van der Waals surface area contributed by atoms with E-state index in [1.165, 1.54) is 25.3 Å². The van der Waals surface area contributed by atoms with Crippen LogP contribution in [0.1, 0.15) is 16.7 Å². The van der Waals surface area contributed by atoms with Crippen molar-refractivity contribution in [2.45, 2.75) is 13.1 Å². The second-order valence-corrected chi connectivity index (χ2v) is 8.42. The van der Waals surface area contributed by atoms with Gasteiger partial charge in [0.1, 0.15) is 11.6 Å². The number of nitriles is 1. The molecule has 0 unspecified atom stereocenters. The van der Waals surface area contributed by atoms with Gasteiger partial charge in [0.2, 0.25) is 5.75 Å². The number of aryl methyl sites for hydroxylation is 1. The molecular formula is C25H17BrF3N3O5. The van der Waals surface area contributed by atoms with Crippen molar-refractivity contribution in [2.75, 3.05) is 12.4 Å². The van der Waals surface area contributed by atoms with E-state index in [1.807, 2.05) is 13.0 Å². The van der Waals surface area contributed by atoms with Gasteiger partial charge in [-0.3, -0.25) is 14.9 Å². The Kier molecular flexibility index (Phi) is 8.19. The van der Waals surface area contributed by atoms with E-state index in [2.05, 4.69) is 21.2 Å². The first kappa shape index (κ1) is 27.2. The van der Waals surface area contributed by atoms with Crippen LogP contribution >= 0.6 is 15.9 Å². The summed E-state index contributed by atoms with van der Waals surface area (Å²) in [6.45, 7) is 1.89. The Morgan fingerprint density at radius 1 is 1.14 bits per heavy atom. The number of methoxy groups -OCH3 is 1. The van der Waals surface area contributed by atoms with Crippen LogP contribution in [0.2, 0.25) is 0 Å². The lowest BCUT2D eigenvalue weighted by atomic mass is 10.1. The molecule has 0 heterocycles. The molecule has 0 saturated carbocycles. The average molecular weight is 576 g/mol. The standard InChI is InChI=1S/C25H17BrF3N3O5/c1-14-3-6-18(7-4-14)31-24(33)16(13-30)9-15-10-19(26)23(22(11-15)36-2)37-21-8-5-17(25(27,28)29)12-20(21)32(34)35/h3-12H,1-2H3,(H,31,33)/b16-9+. The lowest BCUT2D eigenvalue weighted by Crippen LogP contribution is -2.13. The smallest absolute Gasteiger partial charge is 0.416 e. The maximum atomic E-state index is 13.0. The van der Waals surface area contributed by atoms with Gasteiger partial charge in [0.25, 0.3) is 5.91 Å². The number of halogens is 4. The maximum Gasteiger partial charge on any atom is 0.416 e. The van der Waals surface area contributed by atoms with Crippen molar-refractivity contribution in [1.29, 1.82) is 5.26 Å². The van der Waals surface area contributed by atoms with Crippen LogP contribution in [0.5, 0.6) is 17.2 Å². The van der Waals surface area contributed by atoms with Gasteiger partial charge in [0.15, 0.2) is 11.5 Å². The zero-order chi connectivity index (χ0) is 27.3. The van der Waals surface area contributed by atoms with E-state index in [4.69, 9.17) is 9.47 Å². The molecule has 190 valence electrons. The van der Waals surface area contributed by atoms with Gasteiger partial charge in [-0.15, -0.1) is 0 Å². The van der Waals surface area contributed by atoms with Gasteiger partial charge in [0.05, 0.1) is 22.1 Å². The van der Waals surface area contributed by atoms with Gasteiger partial charge in [-0.05, 0) is 70.9 Å². The Labute approximate surface area is 217 Å². The molecule has 0 aliphatic heterocycles. The molecule has 0 aliphatic carbocycles. The molecule has 3 aromatic carbocycles. The number of ether oxygens (including phenoxy) is 2. The third-order valence-corrected chi connectivity index (χ3v) is 5.52. The summed E-state index contributed by atoms with van der Waals surface area (Å²) >= 11 is 3.25. The fourth-order valence-corrected chi connectivity index (χ4v) is 3.65. The largest absolute Gasteiger partial charge is 0.493 e. The van der Waals surface area contributed by atoms with Crippen LogP contribution in [0.15, 0.2) is 64.6 Å². The molecule has 0 saturated heterocycles. The summed E-state index contributed by atoms with van der Waals surface area (Å²) in [6, 6.07) is 13.5. The van der Waals surface area contributed by atoms with E-state index in [0.717, 1.165) is 11.6 Å². The number of amides is 1. The zero-order valence-electron chi connectivity index (χ0n) is 19.2. The fourth-order valence-electron chi connectivity index (χ4n) is 3.11. The van der Waals surface area contributed by atoms with Crippen LogP contribution in [-0.2, 0) is 11.0 Å². The third kappa shape index (κ3) is 6.65. The van der Waals surface area contributed by atoms with Gasteiger partial charge < -0.3 is 14.8 Å². The topological polar surface area (TPSA) is 114 Å². The van der Waals surface area contributed by atoms with E-state index in [9.17, 15) is 33.3 Å². The van der Waals surface area contributed by atoms with Gasteiger partial charge in [-0.1, -0.05) is 17.7 Å². The Bertz CT molecular complexity index is 1430. The Morgan fingerprint density at radius 2 is 1.81 bits per heavy atom. The molecule has 37 heavy (non-hydrogen) atoms. The van der Waals surface area contributed by atoms with Crippen LogP contribution in [-0.4, -0.2) is 17.9 Å². The second-order valence-electron chi connectivity index (χ2n) is 7.56. The summed E-state index contributed by atoms with van der Waals surface area (Å²) in [6.07, 6.45) is -3.49. The highest BCUT2D eigenvalue weighted by molar-refractivity contribution is 9.10. The number of hydrogen-bond acceptors (Lipinski definition) is 6. The third-order valence-electron chi connectivity index (χ3n) is 4.93. The molecule has 0 aromatic heterocycles. The molecule has 0 fully saturated rings. The minimum atomic E-state index is -4.78. The lowest BCUT2D eigenvalue weighted by molar-refractivity contribution is -0.385. The first-order valence-corrected chi connectivity index (χ1v) is 11.1. The summed E-state index contributed by atoms with van der Waals surface area (Å²) in [5.74, 6) is -1.13. The van der Waals surface area contributed by atoms with Crippen molar-refractivity contribution in [1.82, 2.24) is 0 Å². The van der Waals surface area contributed by atoms with Gasteiger partial charge in [0, 0.05) is 11.8 Å². The number of alkyl halides is 3. The highest BCUT2D eigenvalue weighted by Crippen LogP contribution is 2.44. The number of nitrogens with one attached hydrogen (secondary N) is 1. The minimum Gasteiger partial charge on any atom is -0.493 e. The van der Waals surface area contributed by atoms with E-state index >= 15 is 0 Å². The molecule has 1 amide bonds. The van der Waals surface area contributed by atoms with Crippen LogP contribution < -0.4 is 14.8 Å². The zero-order valence-corrected chi connectivity index (χ0v) is 20.8. The normalized spacial score (nSPS) is 11.4. The van der Waals surface area contributed by atoms with Crippen LogP contribution in [0.3, 0.4) is 0 Å². The maximum absolute atomic E-state index is 13.0. The van der Waals surface area contributed by atoms with E-state index in [1.54, 1.807) is 24.3 Å². The number of hydrogen-bond donors (Lipinski definition) is 1. The predicted molar refractivity (Wildman–Crippen MR) is 132 cm³/mol. The van der Waals surface area contributed by atoms with Gasteiger partial charge >= 0.3 is 11.9 Å². The molecular weight excluding hydrogens is 559 g/mol. The molecule has 3 aromatic rings. The molecule has 0 radical (unpaired) electrons.